The third-order valence-corrected chi connectivity index (χ3v) is 7.75. The van der Waals surface area contributed by atoms with Gasteiger partial charge >= 0.3 is 6.09 Å². The van der Waals surface area contributed by atoms with Crippen LogP contribution in [-0.2, 0) is 16.0 Å². The first-order chi connectivity index (χ1) is 16.5. The van der Waals surface area contributed by atoms with Crippen LogP contribution in [0.3, 0.4) is 0 Å². The fourth-order valence-electron chi connectivity index (χ4n) is 5.08. The molecule has 0 saturated carbocycles. The van der Waals surface area contributed by atoms with Crippen LogP contribution in [0.4, 0.5) is 10.5 Å². The number of carbonyl (C=O) groups is 2. The summed E-state index contributed by atoms with van der Waals surface area (Å²) in [5.41, 5.74) is 3.64. The van der Waals surface area contributed by atoms with Gasteiger partial charge in [-0.2, -0.15) is 0 Å². The molecule has 2 heterocycles. The molecular weight excluding hydrogens is 485 g/mol. The minimum Gasteiger partial charge on any atom is -0.444 e. The Morgan fingerprint density at radius 2 is 1.83 bits per heavy atom. The largest absolute Gasteiger partial charge is 0.444 e. The first-order valence-corrected chi connectivity index (χ1v) is 12.9. The van der Waals surface area contributed by atoms with Gasteiger partial charge in [0.15, 0.2) is 0 Å². The Labute approximate surface area is 217 Å². The number of ether oxygens (including phenoxy) is 1. The smallest absolute Gasteiger partial charge is 0.410 e. The van der Waals surface area contributed by atoms with Crippen LogP contribution in [0.15, 0.2) is 30.3 Å². The van der Waals surface area contributed by atoms with Crippen LogP contribution in [0, 0.1) is 12.8 Å². The van der Waals surface area contributed by atoms with Crippen LogP contribution in [-0.4, -0.2) is 35.6 Å². The second kappa shape index (κ2) is 10.00. The molecule has 2 aromatic carbocycles. The van der Waals surface area contributed by atoms with Crippen molar-refractivity contribution < 1.29 is 14.3 Å². The maximum absolute atomic E-state index is 13.2. The number of fused-ring (bicyclic) bond motifs is 1. The number of anilines is 1. The standard InChI is InChI=1S/C27H33Cl2N3O3/c1-16-15-21-22(23(25(33)32(21)30)18-7-5-6-8-20(18)28)19(24(16)29)10-9-17-11-13-31(14-12-17)26(34)35-27(2,3)4/h5-8,15,17,23H,9-14,30H2,1-4H3. The van der Waals surface area contributed by atoms with Gasteiger partial charge < -0.3 is 9.64 Å². The molecule has 0 spiro atoms. The Bertz CT molecular complexity index is 1140. The fourth-order valence-corrected chi connectivity index (χ4v) is 5.58. The van der Waals surface area contributed by atoms with Crippen molar-refractivity contribution in [3.05, 3.63) is 62.6 Å². The maximum Gasteiger partial charge on any atom is 0.410 e. The molecule has 35 heavy (non-hydrogen) atoms. The summed E-state index contributed by atoms with van der Waals surface area (Å²) in [7, 11) is 0. The molecule has 6 nitrogen and oxygen atoms in total. The van der Waals surface area contributed by atoms with E-state index in [0.717, 1.165) is 47.9 Å². The summed E-state index contributed by atoms with van der Waals surface area (Å²) in [5.74, 6) is 5.90. The van der Waals surface area contributed by atoms with Gasteiger partial charge in [-0.05, 0) is 93.7 Å². The van der Waals surface area contributed by atoms with E-state index in [9.17, 15) is 9.59 Å². The predicted molar refractivity (Wildman–Crippen MR) is 140 cm³/mol. The van der Waals surface area contributed by atoms with Gasteiger partial charge in [0.1, 0.15) is 5.60 Å². The number of nitrogens with zero attached hydrogens (tertiary/aromatic N) is 2. The summed E-state index contributed by atoms with van der Waals surface area (Å²) in [6, 6.07) is 9.27. The molecule has 2 aliphatic rings. The number of aryl methyl sites for hydroxylation is 1. The van der Waals surface area contributed by atoms with Crippen molar-refractivity contribution in [2.75, 3.05) is 18.1 Å². The zero-order valence-electron chi connectivity index (χ0n) is 20.7. The second-order valence-corrected chi connectivity index (χ2v) is 11.3. The maximum atomic E-state index is 13.2. The van der Waals surface area contributed by atoms with Crippen LogP contribution >= 0.6 is 23.2 Å². The van der Waals surface area contributed by atoms with Crippen molar-refractivity contribution >= 4 is 40.9 Å². The lowest BCUT2D eigenvalue weighted by Gasteiger charge is -2.33. The molecule has 2 amide bonds. The van der Waals surface area contributed by atoms with Gasteiger partial charge in [0.05, 0.1) is 11.6 Å². The molecular formula is C27H33Cl2N3O3. The van der Waals surface area contributed by atoms with E-state index >= 15 is 0 Å². The first-order valence-electron chi connectivity index (χ1n) is 12.1. The average Bonchev–Trinajstić information content (AvgIpc) is 3.03. The highest BCUT2D eigenvalue weighted by atomic mass is 35.5. The van der Waals surface area contributed by atoms with Crippen LogP contribution in [0.2, 0.25) is 10.0 Å². The van der Waals surface area contributed by atoms with Crippen molar-refractivity contribution in [2.45, 2.75) is 64.9 Å². The highest BCUT2D eigenvalue weighted by Crippen LogP contribution is 2.47. The van der Waals surface area contributed by atoms with E-state index in [0.29, 0.717) is 34.7 Å². The number of benzene rings is 2. The van der Waals surface area contributed by atoms with Gasteiger partial charge in [0.25, 0.3) is 5.91 Å². The molecule has 1 saturated heterocycles. The van der Waals surface area contributed by atoms with Crippen molar-refractivity contribution in [1.82, 2.24) is 4.90 Å². The lowest BCUT2D eigenvalue weighted by Crippen LogP contribution is -2.41. The number of hydrogen-bond donors (Lipinski definition) is 1. The minimum absolute atomic E-state index is 0.207. The number of halogens is 2. The summed E-state index contributed by atoms with van der Waals surface area (Å²) < 4.78 is 5.51. The van der Waals surface area contributed by atoms with Crippen LogP contribution < -0.4 is 10.9 Å². The van der Waals surface area contributed by atoms with E-state index < -0.39 is 11.5 Å². The van der Waals surface area contributed by atoms with E-state index in [1.54, 1.807) is 11.0 Å². The number of nitrogens with two attached hydrogens (primary N) is 1. The molecule has 2 N–H and O–H groups in total. The molecule has 2 aromatic rings. The van der Waals surface area contributed by atoms with Gasteiger partial charge in [-0.3, -0.25) is 4.79 Å². The minimum atomic E-state index is -0.578. The molecule has 1 fully saturated rings. The van der Waals surface area contributed by atoms with E-state index in [1.807, 2.05) is 52.0 Å². The Morgan fingerprint density at radius 3 is 2.46 bits per heavy atom. The molecule has 0 aromatic heterocycles. The number of hydrogen-bond acceptors (Lipinski definition) is 4. The monoisotopic (exact) mass is 517 g/mol. The molecule has 2 aliphatic heterocycles. The van der Waals surface area contributed by atoms with Crippen LogP contribution in [0.1, 0.15) is 68.2 Å². The first kappa shape index (κ1) is 25.8. The summed E-state index contributed by atoms with van der Waals surface area (Å²) >= 11 is 13.3. The number of piperidine rings is 1. The summed E-state index contributed by atoms with van der Waals surface area (Å²) in [5, 5.41) is 2.44. The highest BCUT2D eigenvalue weighted by molar-refractivity contribution is 6.33. The zero-order chi connectivity index (χ0) is 25.5. The Morgan fingerprint density at radius 1 is 1.17 bits per heavy atom. The zero-order valence-corrected chi connectivity index (χ0v) is 22.2. The predicted octanol–water partition coefficient (Wildman–Crippen LogP) is 6.23. The lowest BCUT2D eigenvalue weighted by molar-refractivity contribution is -0.118. The summed E-state index contributed by atoms with van der Waals surface area (Å²) in [6.45, 7) is 8.93. The van der Waals surface area contributed by atoms with Gasteiger partial charge in [-0.15, -0.1) is 0 Å². The van der Waals surface area contributed by atoms with Gasteiger partial charge in [0.2, 0.25) is 0 Å². The molecule has 0 radical (unpaired) electrons. The van der Waals surface area contributed by atoms with Crippen molar-refractivity contribution in [2.24, 2.45) is 11.8 Å². The Hall–Kier alpha value is -2.28. The van der Waals surface area contributed by atoms with E-state index in [1.165, 1.54) is 5.01 Å². The summed E-state index contributed by atoms with van der Waals surface area (Å²) in [4.78, 5) is 27.4. The van der Waals surface area contributed by atoms with Crippen molar-refractivity contribution in [3.8, 4) is 0 Å². The number of carbonyl (C=O) groups excluding carboxylic acids is 2. The highest BCUT2D eigenvalue weighted by Gasteiger charge is 2.41. The molecule has 188 valence electrons. The molecule has 0 bridgehead atoms. The Balaban J connectivity index is 1.54. The van der Waals surface area contributed by atoms with Gasteiger partial charge in [-0.25, -0.2) is 15.6 Å². The van der Waals surface area contributed by atoms with E-state index in [-0.39, 0.29) is 12.0 Å². The van der Waals surface area contributed by atoms with E-state index in [2.05, 4.69) is 0 Å². The molecule has 4 rings (SSSR count). The van der Waals surface area contributed by atoms with Crippen molar-refractivity contribution in [3.63, 3.8) is 0 Å². The molecule has 8 heteroatoms. The lowest BCUT2D eigenvalue weighted by atomic mass is 9.84. The van der Waals surface area contributed by atoms with Gasteiger partial charge in [-0.1, -0.05) is 41.4 Å². The number of hydrazine groups is 1. The third kappa shape index (κ3) is 5.30. The second-order valence-electron chi connectivity index (χ2n) is 10.5. The fraction of sp³-hybridized carbons (Fsp3) is 0.481. The van der Waals surface area contributed by atoms with Gasteiger partial charge in [0, 0.05) is 23.1 Å². The Kier molecular flexibility index (Phi) is 7.37. The van der Waals surface area contributed by atoms with Crippen LogP contribution in [0.25, 0.3) is 0 Å². The van der Waals surface area contributed by atoms with Crippen LogP contribution in [0.5, 0.6) is 0 Å². The normalized spacial score (nSPS) is 18.7. The van der Waals surface area contributed by atoms with Crippen molar-refractivity contribution in [1.29, 1.82) is 0 Å². The topological polar surface area (TPSA) is 75.9 Å². The number of likely N-dealkylation sites (tertiary alicyclic amines) is 1. The SMILES string of the molecule is Cc1cc2c(c(CCC3CCN(C(=O)OC(C)(C)C)CC3)c1Cl)C(c1ccccc1Cl)C(=O)N2N. The van der Waals surface area contributed by atoms with E-state index in [4.69, 9.17) is 33.8 Å². The average molecular weight is 518 g/mol. The number of amides is 2. The molecule has 1 atom stereocenters. The molecule has 1 unspecified atom stereocenters. The summed E-state index contributed by atoms with van der Waals surface area (Å²) in [6.07, 6.45) is 3.19. The molecule has 0 aliphatic carbocycles. The third-order valence-electron chi connectivity index (χ3n) is 6.88. The quantitative estimate of drug-likeness (QED) is 0.384. The number of rotatable bonds is 4.